The van der Waals surface area contributed by atoms with Gasteiger partial charge in [0.15, 0.2) is 0 Å². The smallest absolute Gasteiger partial charge is 0.255 e. The van der Waals surface area contributed by atoms with Crippen LogP contribution in [0.25, 0.3) is 0 Å². The molecule has 0 saturated carbocycles. The number of likely N-dealkylation sites (tertiary alicyclic amines) is 1. The molecule has 170 valence electrons. The number of thioether (sulfide) groups is 2. The molecule has 0 unspecified atom stereocenters. The Bertz CT molecular complexity index is 895. The predicted molar refractivity (Wildman–Crippen MR) is 132 cm³/mol. The molecule has 0 radical (unpaired) electrons. The molecule has 7 heteroatoms. The number of hydrogen-bond acceptors (Lipinski definition) is 5. The van der Waals surface area contributed by atoms with Gasteiger partial charge >= 0.3 is 0 Å². The molecule has 4 rings (SSSR count). The molecule has 0 N–H and O–H groups in total. The van der Waals surface area contributed by atoms with Crippen LogP contribution in [-0.2, 0) is 4.79 Å². The summed E-state index contributed by atoms with van der Waals surface area (Å²) in [4.78, 5) is 34.2. The van der Waals surface area contributed by atoms with Crippen molar-refractivity contribution in [3.8, 4) is 0 Å². The van der Waals surface area contributed by atoms with Gasteiger partial charge in [0, 0.05) is 61.4 Å². The van der Waals surface area contributed by atoms with Gasteiger partial charge in [-0.2, -0.15) is 0 Å². The van der Waals surface area contributed by atoms with Crippen molar-refractivity contribution in [2.24, 2.45) is 0 Å². The van der Waals surface area contributed by atoms with Gasteiger partial charge in [0.25, 0.3) is 5.91 Å². The van der Waals surface area contributed by atoms with E-state index < -0.39 is 0 Å². The van der Waals surface area contributed by atoms with Crippen molar-refractivity contribution in [3.63, 3.8) is 0 Å². The van der Waals surface area contributed by atoms with E-state index in [4.69, 9.17) is 0 Å². The quantitative estimate of drug-likeness (QED) is 0.548. The SMILES string of the molecule is O=C(CSc1ccccc1C(=O)N1CCN(CCSc2ccccc2)CC1)N1CCCC1. The van der Waals surface area contributed by atoms with Crippen molar-refractivity contribution >= 4 is 35.3 Å². The average Bonchev–Trinajstić information content (AvgIpc) is 3.39. The minimum atomic E-state index is 0.0834. The van der Waals surface area contributed by atoms with E-state index >= 15 is 0 Å². The zero-order chi connectivity index (χ0) is 22.2. The highest BCUT2D eigenvalue weighted by Gasteiger charge is 2.24. The molecular formula is C25H31N3O2S2. The third-order valence-electron chi connectivity index (χ3n) is 6.01. The van der Waals surface area contributed by atoms with Crippen molar-refractivity contribution in [1.82, 2.24) is 14.7 Å². The first kappa shape index (κ1) is 23.2. The molecule has 2 aromatic rings. The van der Waals surface area contributed by atoms with Gasteiger partial charge < -0.3 is 9.80 Å². The molecular weight excluding hydrogens is 438 g/mol. The number of hydrogen-bond donors (Lipinski definition) is 0. The Morgan fingerprint density at radius 3 is 2.19 bits per heavy atom. The van der Waals surface area contributed by atoms with Gasteiger partial charge in [0.2, 0.25) is 5.91 Å². The molecule has 0 spiro atoms. The monoisotopic (exact) mass is 469 g/mol. The summed E-state index contributed by atoms with van der Waals surface area (Å²) >= 11 is 3.37. The molecule has 2 amide bonds. The van der Waals surface area contributed by atoms with Gasteiger partial charge in [-0.05, 0) is 37.1 Å². The van der Waals surface area contributed by atoms with Gasteiger partial charge in [-0.1, -0.05) is 30.3 Å². The molecule has 2 heterocycles. The molecule has 0 atom stereocenters. The van der Waals surface area contributed by atoms with Crippen LogP contribution < -0.4 is 0 Å². The van der Waals surface area contributed by atoms with Crippen LogP contribution in [0.2, 0.25) is 0 Å². The van der Waals surface area contributed by atoms with Gasteiger partial charge in [-0.3, -0.25) is 14.5 Å². The Hall–Kier alpha value is -1.96. The van der Waals surface area contributed by atoms with Gasteiger partial charge in [0.1, 0.15) is 0 Å². The first-order valence-electron chi connectivity index (χ1n) is 11.4. The van der Waals surface area contributed by atoms with Crippen LogP contribution in [0.5, 0.6) is 0 Å². The van der Waals surface area contributed by atoms with Crippen LogP contribution in [0.1, 0.15) is 23.2 Å². The van der Waals surface area contributed by atoms with Crippen molar-refractivity contribution < 1.29 is 9.59 Å². The molecule has 0 aromatic heterocycles. The van der Waals surface area contributed by atoms with Crippen LogP contribution in [0.4, 0.5) is 0 Å². The number of benzene rings is 2. The number of piperazine rings is 1. The second-order valence-corrected chi connectivity index (χ2v) is 10.4. The third-order valence-corrected chi connectivity index (χ3v) is 8.06. The highest BCUT2D eigenvalue weighted by molar-refractivity contribution is 8.00. The van der Waals surface area contributed by atoms with Gasteiger partial charge in [0.05, 0.1) is 11.3 Å². The lowest BCUT2D eigenvalue weighted by atomic mass is 10.2. The maximum absolute atomic E-state index is 13.2. The molecule has 2 aromatic carbocycles. The summed E-state index contributed by atoms with van der Waals surface area (Å²) in [6, 6.07) is 18.2. The number of nitrogens with zero attached hydrogens (tertiary/aromatic N) is 3. The van der Waals surface area contributed by atoms with E-state index in [0.717, 1.165) is 74.9 Å². The summed E-state index contributed by atoms with van der Waals surface area (Å²) < 4.78 is 0. The fourth-order valence-electron chi connectivity index (χ4n) is 4.12. The second kappa shape index (κ2) is 11.8. The van der Waals surface area contributed by atoms with Gasteiger partial charge in [-0.25, -0.2) is 0 Å². The molecule has 0 aliphatic carbocycles. The fraction of sp³-hybridized carbons (Fsp3) is 0.440. The maximum atomic E-state index is 13.2. The summed E-state index contributed by atoms with van der Waals surface area (Å²) in [5, 5.41) is 0. The summed E-state index contributed by atoms with van der Waals surface area (Å²) in [6.07, 6.45) is 2.20. The van der Waals surface area contributed by atoms with E-state index in [9.17, 15) is 9.59 Å². The number of rotatable bonds is 8. The highest BCUT2D eigenvalue weighted by Crippen LogP contribution is 2.25. The van der Waals surface area contributed by atoms with Crippen molar-refractivity contribution in [1.29, 1.82) is 0 Å². The molecule has 32 heavy (non-hydrogen) atoms. The lowest BCUT2D eigenvalue weighted by molar-refractivity contribution is -0.127. The molecule has 2 fully saturated rings. The lowest BCUT2D eigenvalue weighted by Gasteiger charge is -2.35. The maximum Gasteiger partial charge on any atom is 0.255 e. The highest BCUT2D eigenvalue weighted by atomic mass is 32.2. The number of carbonyl (C=O) groups is 2. The van der Waals surface area contributed by atoms with Crippen LogP contribution in [0, 0.1) is 0 Å². The molecule has 2 aliphatic heterocycles. The van der Waals surface area contributed by atoms with Crippen molar-refractivity contribution in [3.05, 3.63) is 60.2 Å². The summed E-state index contributed by atoms with van der Waals surface area (Å²) in [7, 11) is 0. The lowest BCUT2D eigenvalue weighted by Crippen LogP contribution is -2.49. The topological polar surface area (TPSA) is 43.9 Å². The Balaban J connectivity index is 1.25. The van der Waals surface area contributed by atoms with Crippen LogP contribution >= 0.6 is 23.5 Å². The molecule has 0 bridgehead atoms. The zero-order valence-electron chi connectivity index (χ0n) is 18.4. The minimum absolute atomic E-state index is 0.0834. The first-order valence-corrected chi connectivity index (χ1v) is 13.4. The van der Waals surface area contributed by atoms with Crippen molar-refractivity contribution in [2.45, 2.75) is 22.6 Å². The van der Waals surface area contributed by atoms with E-state index in [2.05, 4.69) is 29.2 Å². The Kier molecular flexibility index (Phi) is 8.54. The van der Waals surface area contributed by atoms with Crippen LogP contribution in [0.15, 0.2) is 64.4 Å². The van der Waals surface area contributed by atoms with E-state index in [0.29, 0.717) is 5.75 Å². The van der Waals surface area contributed by atoms with E-state index in [1.807, 2.05) is 51.9 Å². The van der Waals surface area contributed by atoms with Crippen molar-refractivity contribution in [2.75, 3.05) is 57.3 Å². The summed E-state index contributed by atoms with van der Waals surface area (Å²) in [5.41, 5.74) is 0.722. The summed E-state index contributed by atoms with van der Waals surface area (Å²) in [6.45, 7) is 6.09. The van der Waals surface area contributed by atoms with E-state index in [1.54, 1.807) is 0 Å². The zero-order valence-corrected chi connectivity index (χ0v) is 20.1. The second-order valence-electron chi connectivity index (χ2n) is 8.17. The Morgan fingerprint density at radius 2 is 1.44 bits per heavy atom. The molecule has 2 aliphatic rings. The molecule has 2 saturated heterocycles. The predicted octanol–water partition coefficient (Wildman–Crippen LogP) is 3.95. The number of carbonyl (C=O) groups excluding carboxylic acids is 2. The van der Waals surface area contributed by atoms with Crippen LogP contribution in [0.3, 0.4) is 0 Å². The summed E-state index contributed by atoms with van der Waals surface area (Å²) in [5.74, 6) is 1.72. The fourth-order valence-corrected chi connectivity index (χ4v) is 6.00. The van der Waals surface area contributed by atoms with E-state index in [-0.39, 0.29) is 11.8 Å². The normalized spacial score (nSPS) is 17.0. The Morgan fingerprint density at radius 1 is 0.750 bits per heavy atom. The molecule has 5 nitrogen and oxygen atoms in total. The minimum Gasteiger partial charge on any atom is -0.342 e. The largest absolute Gasteiger partial charge is 0.342 e. The number of amides is 2. The average molecular weight is 470 g/mol. The third kappa shape index (κ3) is 6.30. The first-order chi connectivity index (χ1) is 15.7. The van der Waals surface area contributed by atoms with Crippen LogP contribution in [-0.4, -0.2) is 83.8 Å². The Labute approximate surface area is 199 Å². The van der Waals surface area contributed by atoms with Gasteiger partial charge in [-0.15, -0.1) is 23.5 Å². The van der Waals surface area contributed by atoms with E-state index in [1.165, 1.54) is 16.7 Å². The standard InChI is InChI=1S/C25H31N3O2S2/c29-24(27-12-6-7-13-27)20-32-23-11-5-4-10-22(23)25(30)28-16-14-26(15-17-28)18-19-31-21-8-2-1-3-9-21/h1-5,8-11H,6-7,12-20H2.